The minimum atomic E-state index is -3.53. The Hall–Kier alpha value is -1.58. The summed E-state index contributed by atoms with van der Waals surface area (Å²) in [5, 5.41) is 0. The van der Waals surface area contributed by atoms with E-state index in [1.54, 1.807) is 36.1 Å². The first-order chi connectivity index (χ1) is 12.3. The quantitative estimate of drug-likeness (QED) is 0.638. The topological polar surface area (TPSA) is 84.0 Å². The van der Waals surface area contributed by atoms with Gasteiger partial charge in [0.25, 0.3) is 0 Å². The van der Waals surface area contributed by atoms with Gasteiger partial charge in [-0.25, -0.2) is 8.42 Å². The van der Waals surface area contributed by atoms with Crippen LogP contribution >= 0.6 is 11.8 Å². The molecule has 1 aromatic rings. The molecule has 1 heterocycles. The Labute approximate surface area is 158 Å². The van der Waals surface area contributed by atoms with Crippen molar-refractivity contribution in [1.29, 1.82) is 0 Å². The monoisotopic (exact) mass is 400 g/mol. The highest BCUT2D eigenvalue weighted by Crippen LogP contribution is 2.18. The Morgan fingerprint density at radius 1 is 1.08 bits per heavy atom. The molecule has 0 N–H and O–H groups in total. The van der Waals surface area contributed by atoms with Gasteiger partial charge in [-0.2, -0.15) is 4.31 Å². The van der Waals surface area contributed by atoms with Crippen molar-refractivity contribution in [3.8, 4) is 0 Å². The van der Waals surface area contributed by atoms with Crippen LogP contribution in [0.1, 0.15) is 12.5 Å². The highest BCUT2D eigenvalue weighted by atomic mass is 32.2. The maximum Gasteiger partial charge on any atom is 0.315 e. The molecular weight excluding hydrogens is 376 g/mol. The maximum absolute atomic E-state index is 12.7. The molecule has 1 aliphatic rings. The molecule has 144 valence electrons. The lowest BCUT2D eigenvalue weighted by Gasteiger charge is -2.34. The van der Waals surface area contributed by atoms with Crippen LogP contribution < -0.4 is 0 Å². The summed E-state index contributed by atoms with van der Waals surface area (Å²) in [5.41, 5.74) is 1.000. The summed E-state index contributed by atoms with van der Waals surface area (Å²) in [4.78, 5) is 25.4. The first-order valence-corrected chi connectivity index (χ1v) is 11.0. The van der Waals surface area contributed by atoms with E-state index in [0.29, 0.717) is 19.7 Å². The Kier molecular flexibility index (Phi) is 7.48. The summed E-state index contributed by atoms with van der Waals surface area (Å²) in [7, 11) is -3.53. The fourth-order valence-electron chi connectivity index (χ4n) is 2.55. The Morgan fingerprint density at radius 3 is 2.27 bits per heavy atom. The summed E-state index contributed by atoms with van der Waals surface area (Å²) in [6, 6.07) is 6.75. The van der Waals surface area contributed by atoms with E-state index < -0.39 is 10.0 Å². The molecular formula is C17H24N2O5S2. The van der Waals surface area contributed by atoms with Gasteiger partial charge in [0.2, 0.25) is 15.9 Å². The predicted octanol–water partition coefficient (Wildman–Crippen LogP) is 1.12. The third kappa shape index (κ3) is 5.46. The molecule has 1 amide bonds. The Balaban J connectivity index is 1.83. The van der Waals surface area contributed by atoms with E-state index >= 15 is 0 Å². The van der Waals surface area contributed by atoms with Gasteiger partial charge in [0.15, 0.2) is 0 Å². The van der Waals surface area contributed by atoms with Gasteiger partial charge >= 0.3 is 5.97 Å². The van der Waals surface area contributed by atoms with Crippen LogP contribution in [-0.2, 0) is 24.3 Å². The van der Waals surface area contributed by atoms with Gasteiger partial charge in [0.1, 0.15) is 0 Å². The van der Waals surface area contributed by atoms with Crippen LogP contribution in [0, 0.1) is 6.92 Å². The molecule has 0 unspecified atom stereocenters. The molecule has 2 rings (SSSR count). The van der Waals surface area contributed by atoms with Crippen LogP contribution in [0.15, 0.2) is 29.2 Å². The van der Waals surface area contributed by atoms with E-state index in [1.807, 2.05) is 6.92 Å². The van der Waals surface area contributed by atoms with Gasteiger partial charge < -0.3 is 9.64 Å². The van der Waals surface area contributed by atoms with Crippen molar-refractivity contribution in [2.45, 2.75) is 18.7 Å². The number of hydrogen-bond acceptors (Lipinski definition) is 6. The molecule has 1 saturated heterocycles. The molecule has 0 saturated carbocycles. The highest BCUT2D eigenvalue weighted by Gasteiger charge is 2.29. The average Bonchev–Trinajstić information content (AvgIpc) is 2.62. The third-order valence-electron chi connectivity index (χ3n) is 4.00. The molecule has 7 nitrogen and oxygen atoms in total. The molecule has 0 bridgehead atoms. The van der Waals surface area contributed by atoms with Crippen molar-refractivity contribution in [2.24, 2.45) is 0 Å². The van der Waals surface area contributed by atoms with E-state index in [0.717, 1.165) is 5.56 Å². The van der Waals surface area contributed by atoms with Crippen LogP contribution in [0.2, 0.25) is 0 Å². The normalized spacial score (nSPS) is 15.7. The van der Waals surface area contributed by atoms with E-state index in [2.05, 4.69) is 0 Å². The van der Waals surface area contributed by atoms with Crippen LogP contribution in [-0.4, -0.2) is 73.8 Å². The molecule has 1 fully saturated rings. The third-order valence-corrected chi connectivity index (χ3v) is 6.80. The number of benzene rings is 1. The number of esters is 1. The maximum atomic E-state index is 12.7. The lowest BCUT2D eigenvalue weighted by Crippen LogP contribution is -2.51. The minimum absolute atomic E-state index is 0.0910. The average molecular weight is 401 g/mol. The van der Waals surface area contributed by atoms with Crippen LogP contribution in [0.25, 0.3) is 0 Å². The van der Waals surface area contributed by atoms with Crippen LogP contribution in [0.4, 0.5) is 0 Å². The lowest BCUT2D eigenvalue weighted by molar-refractivity contribution is -0.139. The number of thioether (sulfide) groups is 1. The number of hydrogen-bond donors (Lipinski definition) is 0. The zero-order chi connectivity index (χ0) is 19.2. The number of piperazine rings is 1. The summed E-state index contributed by atoms with van der Waals surface area (Å²) < 4.78 is 31.5. The molecule has 26 heavy (non-hydrogen) atoms. The SMILES string of the molecule is CCOC(=O)CSCC(=O)N1CCN(S(=O)(=O)c2ccc(C)cc2)CC1. The van der Waals surface area contributed by atoms with Crippen LogP contribution in [0.3, 0.4) is 0 Å². The largest absolute Gasteiger partial charge is 0.465 e. The van der Waals surface area contributed by atoms with Gasteiger partial charge in [-0.1, -0.05) is 17.7 Å². The number of carbonyl (C=O) groups excluding carboxylic acids is 2. The van der Waals surface area contributed by atoms with Gasteiger partial charge in [-0.15, -0.1) is 11.8 Å². The van der Waals surface area contributed by atoms with Crippen molar-refractivity contribution < 1.29 is 22.7 Å². The van der Waals surface area contributed by atoms with Gasteiger partial charge in [0.05, 0.1) is 23.0 Å². The summed E-state index contributed by atoms with van der Waals surface area (Å²) >= 11 is 1.21. The lowest BCUT2D eigenvalue weighted by atomic mass is 10.2. The van der Waals surface area contributed by atoms with E-state index in [9.17, 15) is 18.0 Å². The number of nitrogens with zero attached hydrogens (tertiary/aromatic N) is 2. The molecule has 0 radical (unpaired) electrons. The highest BCUT2D eigenvalue weighted by molar-refractivity contribution is 8.00. The van der Waals surface area contributed by atoms with Crippen molar-refractivity contribution in [3.63, 3.8) is 0 Å². The zero-order valence-corrected chi connectivity index (χ0v) is 16.6. The smallest absolute Gasteiger partial charge is 0.315 e. The first-order valence-electron chi connectivity index (χ1n) is 8.42. The first kappa shape index (κ1) is 20.7. The number of rotatable bonds is 7. The summed E-state index contributed by atoms with van der Waals surface area (Å²) in [5.74, 6) is -0.101. The minimum Gasteiger partial charge on any atom is -0.465 e. The molecule has 1 aliphatic heterocycles. The molecule has 0 atom stereocenters. The second kappa shape index (κ2) is 9.38. The standard InChI is InChI=1S/C17H24N2O5S2/c1-3-24-17(21)13-25-12-16(20)18-8-10-19(11-9-18)26(22,23)15-6-4-14(2)5-7-15/h4-7H,3,8-13H2,1-2H3. The zero-order valence-electron chi connectivity index (χ0n) is 15.0. The van der Waals surface area contributed by atoms with Crippen molar-refractivity contribution in [1.82, 2.24) is 9.21 Å². The van der Waals surface area contributed by atoms with Crippen molar-refractivity contribution in [3.05, 3.63) is 29.8 Å². The number of aryl methyl sites for hydroxylation is 1. The van der Waals surface area contributed by atoms with Crippen molar-refractivity contribution >= 4 is 33.7 Å². The number of sulfonamides is 1. The van der Waals surface area contributed by atoms with E-state index in [1.165, 1.54) is 16.1 Å². The van der Waals surface area contributed by atoms with Gasteiger partial charge in [-0.05, 0) is 26.0 Å². The van der Waals surface area contributed by atoms with E-state index in [-0.39, 0.29) is 41.4 Å². The molecule has 0 aromatic heterocycles. The molecule has 0 spiro atoms. The number of ether oxygens (including phenoxy) is 1. The molecule has 1 aromatic carbocycles. The fraction of sp³-hybridized carbons (Fsp3) is 0.529. The number of carbonyl (C=O) groups is 2. The van der Waals surface area contributed by atoms with Gasteiger partial charge in [0, 0.05) is 26.2 Å². The summed E-state index contributed by atoms with van der Waals surface area (Å²) in [6.07, 6.45) is 0. The number of amides is 1. The second-order valence-electron chi connectivity index (χ2n) is 5.90. The van der Waals surface area contributed by atoms with Crippen LogP contribution in [0.5, 0.6) is 0 Å². The second-order valence-corrected chi connectivity index (χ2v) is 8.82. The molecule has 0 aliphatic carbocycles. The molecule has 9 heteroatoms. The predicted molar refractivity (Wildman–Crippen MR) is 100 cm³/mol. The van der Waals surface area contributed by atoms with Crippen molar-refractivity contribution in [2.75, 3.05) is 44.3 Å². The fourth-order valence-corrected chi connectivity index (χ4v) is 4.68. The summed E-state index contributed by atoms with van der Waals surface area (Å²) in [6.45, 7) is 5.20. The Bertz CT molecular complexity index is 726. The Morgan fingerprint density at radius 2 is 1.69 bits per heavy atom. The van der Waals surface area contributed by atoms with Gasteiger partial charge in [-0.3, -0.25) is 9.59 Å². The van der Waals surface area contributed by atoms with E-state index in [4.69, 9.17) is 4.74 Å².